The number of aromatic nitrogens is 2. The Bertz CT molecular complexity index is 729. The maximum atomic E-state index is 12.5. The molecule has 0 radical (unpaired) electrons. The second-order valence-electron chi connectivity index (χ2n) is 6.79. The number of hydrogen-bond acceptors (Lipinski definition) is 3. The molecule has 24 heavy (non-hydrogen) atoms. The van der Waals surface area contributed by atoms with Gasteiger partial charge >= 0.3 is 0 Å². The standard InChI is InChI=1S/C18H24N4O2/c1-13(2)9-17(23)21-5-7-22(8-6-21)18(24)11-14-3-4-15-16(10-14)20-12-19-15/h3-4,10,12-13H,5-9,11H2,1-2H3,(H,19,20). The second kappa shape index (κ2) is 7.03. The molecule has 1 aromatic heterocycles. The van der Waals surface area contributed by atoms with E-state index in [0.29, 0.717) is 44.9 Å². The number of rotatable bonds is 4. The van der Waals surface area contributed by atoms with Gasteiger partial charge in [-0.2, -0.15) is 0 Å². The van der Waals surface area contributed by atoms with Crippen LogP contribution in [0.5, 0.6) is 0 Å². The summed E-state index contributed by atoms with van der Waals surface area (Å²) in [6.07, 6.45) is 2.62. The zero-order chi connectivity index (χ0) is 17.1. The molecule has 1 saturated heterocycles. The van der Waals surface area contributed by atoms with Crippen molar-refractivity contribution in [2.24, 2.45) is 5.92 Å². The number of fused-ring (bicyclic) bond motifs is 1. The lowest BCUT2D eigenvalue weighted by molar-refractivity contribution is -0.139. The Morgan fingerprint density at radius 3 is 2.46 bits per heavy atom. The van der Waals surface area contributed by atoms with Crippen LogP contribution in [-0.4, -0.2) is 57.8 Å². The zero-order valence-corrected chi connectivity index (χ0v) is 14.3. The Morgan fingerprint density at radius 2 is 1.79 bits per heavy atom. The molecule has 0 atom stereocenters. The summed E-state index contributed by atoms with van der Waals surface area (Å²) in [7, 11) is 0. The predicted octanol–water partition coefficient (Wildman–Crippen LogP) is 1.82. The summed E-state index contributed by atoms with van der Waals surface area (Å²) in [6, 6.07) is 5.85. The highest BCUT2D eigenvalue weighted by Gasteiger charge is 2.24. The van der Waals surface area contributed by atoms with Gasteiger partial charge < -0.3 is 14.8 Å². The van der Waals surface area contributed by atoms with E-state index < -0.39 is 0 Å². The van der Waals surface area contributed by atoms with Crippen LogP contribution >= 0.6 is 0 Å². The van der Waals surface area contributed by atoms with Gasteiger partial charge in [-0.25, -0.2) is 4.98 Å². The van der Waals surface area contributed by atoms with Gasteiger partial charge in [0, 0.05) is 32.6 Å². The van der Waals surface area contributed by atoms with Gasteiger partial charge in [0.25, 0.3) is 0 Å². The Hall–Kier alpha value is -2.37. The molecule has 0 saturated carbocycles. The first kappa shape index (κ1) is 16.5. The van der Waals surface area contributed by atoms with Gasteiger partial charge in [-0.1, -0.05) is 19.9 Å². The average Bonchev–Trinajstić information content (AvgIpc) is 3.02. The highest BCUT2D eigenvalue weighted by atomic mass is 16.2. The summed E-state index contributed by atoms with van der Waals surface area (Å²) < 4.78 is 0. The van der Waals surface area contributed by atoms with Crippen molar-refractivity contribution in [2.45, 2.75) is 26.7 Å². The van der Waals surface area contributed by atoms with Crippen LogP contribution < -0.4 is 0 Å². The van der Waals surface area contributed by atoms with Gasteiger partial charge in [0.2, 0.25) is 11.8 Å². The molecule has 0 aliphatic carbocycles. The molecule has 1 fully saturated rings. The fraction of sp³-hybridized carbons (Fsp3) is 0.500. The number of carbonyl (C=O) groups excluding carboxylic acids is 2. The Labute approximate surface area is 141 Å². The van der Waals surface area contributed by atoms with E-state index in [1.54, 1.807) is 6.33 Å². The normalized spacial score (nSPS) is 15.3. The third-order valence-corrected chi connectivity index (χ3v) is 4.41. The number of H-pyrrole nitrogens is 1. The van der Waals surface area contributed by atoms with Crippen LogP contribution in [0.2, 0.25) is 0 Å². The van der Waals surface area contributed by atoms with Crippen LogP contribution in [0.1, 0.15) is 25.8 Å². The average molecular weight is 328 g/mol. The molecule has 0 spiro atoms. The van der Waals surface area contributed by atoms with E-state index in [1.807, 2.05) is 41.8 Å². The van der Waals surface area contributed by atoms with Crippen LogP contribution in [0.15, 0.2) is 24.5 Å². The molecule has 128 valence electrons. The fourth-order valence-electron chi connectivity index (χ4n) is 3.06. The summed E-state index contributed by atoms with van der Waals surface area (Å²) in [4.78, 5) is 35.6. The minimum atomic E-state index is 0.116. The molecule has 3 rings (SSSR count). The molecule has 1 aliphatic rings. The molecule has 6 heteroatoms. The first-order valence-corrected chi connectivity index (χ1v) is 8.50. The molecule has 1 aromatic carbocycles. The number of imidazole rings is 1. The maximum Gasteiger partial charge on any atom is 0.227 e. The number of piperazine rings is 1. The van der Waals surface area contributed by atoms with Crippen molar-refractivity contribution in [3.63, 3.8) is 0 Å². The van der Waals surface area contributed by atoms with Crippen molar-refractivity contribution in [3.8, 4) is 0 Å². The second-order valence-corrected chi connectivity index (χ2v) is 6.79. The van der Waals surface area contributed by atoms with E-state index in [1.165, 1.54) is 0 Å². The van der Waals surface area contributed by atoms with Crippen LogP contribution in [0.25, 0.3) is 11.0 Å². The monoisotopic (exact) mass is 328 g/mol. The largest absolute Gasteiger partial charge is 0.345 e. The van der Waals surface area contributed by atoms with Crippen molar-refractivity contribution in [1.82, 2.24) is 19.8 Å². The number of nitrogens with zero attached hydrogens (tertiary/aromatic N) is 3. The van der Waals surface area contributed by atoms with Crippen LogP contribution in [-0.2, 0) is 16.0 Å². The lowest BCUT2D eigenvalue weighted by atomic mass is 10.1. The van der Waals surface area contributed by atoms with Crippen molar-refractivity contribution in [1.29, 1.82) is 0 Å². The van der Waals surface area contributed by atoms with Gasteiger partial charge in [-0.15, -0.1) is 0 Å². The fourth-order valence-corrected chi connectivity index (χ4v) is 3.06. The van der Waals surface area contributed by atoms with Crippen molar-refractivity contribution < 1.29 is 9.59 Å². The molecule has 0 bridgehead atoms. The summed E-state index contributed by atoms with van der Waals surface area (Å²) in [5.41, 5.74) is 2.84. The number of benzene rings is 1. The van der Waals surface area contributed by atoms with Crippen molar-refractivity contribution >= 4 is 22.8 Å². The van der Waals surface area contributed by atoms with Crippen LogP contribution in [0, 0.1) is 5.92 Å². The molecule has 1 aliphatic heterocycles. The van der Waals surface area contributed by atoms with E-state index in [2.05, 4.69) is 9.97 Å². The molecule has 0 unspecified atom stereocenters. The number of nitrogens with one attached hydrogen (secondary N) is 1. The molecule has 1 N–H and O–H groups in total. The van der Waals surface area contributed by atoms with Crippen LogP contribution in [0.4, 0.5) is 0 Å². The number of hydrogen-bond donors (Lipinski definition) is 1. The molecular formula is C18H24N4O2. The van der Waals surface area contributed by atoms with Gasteiger partial charge in [-0.3, -0.25) is 9.59 Å². The smallest absolute Gasteiger partial charge is 0.227 e. The SMILES string of the molecule is CC(C)CC(=O)N1CCN(C(=O)Cc2ccc3nc[nH]c3c2)CC1. The van der Waals surface area contributed by atoms with E-state index in [-0.39, 0.29) is 11.8 Å². The third-order valence-electron chi connectivity index (χ3n) is 4.41. The summed E-state index contributed by atoms with van der Waals surface area (Å²) in [6.45, 7) is 6.61. The number of aromatic amines is 1. The summed E-state index contributed by atoms with van der Waals surface area (Å²) >= 11 is 0. The van der Waals surface area contributed by atoms with Crippen LogP contribution in [0.3, 0.4) is 0 Å². The summed E-state index contributed by atoms with van der Waals surface area (Å²) in [5.74, 6) is 0.682. The number of amides is 2. The minimum absolute atomic E-state index is 0.116. The number of carbonyl (C=O) groups is 2. The van der Waals surface area contributed by atoms with Crippen molar-refractivity contribution in [3.05, 3.63) is 30.1 Å². The van der Waals surface area contributed by atoms with Gasteiger partial charge in [0.1, 0.15) is 0 Å². The van der Waals surface area contributed by atoms with E-state index >= 15 is 0 Å². The van der Waals surface area contributed by atoms with Crippen molar-refractivity contribution in [2.75, 3.05) is 26.2 Å². The third kappa shape index (κ3) is 3.75. The molecule has 2 aromatic rings. The summed E-state index contributed by atoms with van der Waals surface area (Å²) in [5, 5.41) is 0. The van der Waals surface area contributed by atoms with Gasteiger partial charge in [-0.05, 0) is 23.6 Å². The lowest BCUT2D eigenvalue weighted by Crippen LogP contribution is -2.51. The first-order valence-electron chi connectivity index (χ1n) is 8.50. The zero-order valence-electron chi connectivity index (χ0n) is 14.3. The Morgan fingerprint density at radius 1 is 1.12 bits per heavy atom. The topological polar surface area (TPSA) is 69.3 Å². The van der Waals surface area contributed by atoms with E-state index in [4.69, 9.17) is 0 Å². The molecule has 2 heterocycles. The lowest BCUT2D eigenvalue weighted by Gasteiger charge is -2.35. The van der Waals surface area contributed by atoms with E-state index in [9.17, 15) is 9.59 Å². The molecule has 2 amide bonds. The van der Waals surface area contributed by atoms with Gasteiger partial charge in [0.05, 0.1) is 23.8 Å². The highest BCUT2D eigenvalue weighted by molar-refractivity contribution is 5.82. The highest BCUT2D eigenvalue weighted by Crippen LogP contribution is 2.14. The predicted molar refractivity (Wildman–Crippen MR) is 92.4 cm³/mol. The Balaban J connectivity index is 1.54. The quantitative estimate of drug-likeness (QED) is 0.931. The van der Waals surface area contributed by atoms with E-state index in [0.717, 1.165) is 16.6 Å². The molecule has 6 nitrogen and oxygen atoms in total. The molecular weight excluding hydrogens is 304 g/mol. The Kier molecular flexibility index (Phi) is 4.83. The maximum absolute atomic E-state index is 12.5. The van der Waals surface area contributed by atoms with Gasteiger partial charge in [0.15, 0.2) is 0 Å². The first-order chi connectivity index (χ1) is 11.5. The minimum Gasteiger partial charge on any atom is -0.345 e.